The number of hydrogen-bond donors (Lipinski definition) is 1. The van der Waals surface area contributed by atoms with Crippen LogP contribution in [0.5, 0.6) is 0 Å². The van der Waals surface area contributed by atoms with Crippen LogP contribution >= 0.6 is 0 Å². The fourth-order valence-electron chi connectivity index (χ4n) is 2.16. The Balaban J connectivity index is 2.30. The zero-order valence-electron chi connectivity index (χ0n) is 11.2. The van der Waals surface area contributed by atoms with Gasteiger partial charge < -0.3 is 5.43 Å². The van der Waals surface area contributed by atoms with Crippen molar-refractivity contribution in [3.8, 4) is 0 Å². The summed E-state index contributed by atoms with van der Waals surface area (Å²) in [5, 5.41) is 13.0. The molecular weight excluding hydrogens is 282 g/mol. The van der Waals surface area contributed by atoms with Crippen LogP contribution in [0.1, 0.15) is 19.3 Å². The molecule has 0 atom stereocenters. The van der Waals surface area contributed by atoms with Gasteiger partial charge in [0.05, 0.1) is 9.82 Å². The Hall–Kier alpha value is -1.67. The second kappa shape index (κ2) is 5.76. The molecule has 1 fully saturated rings. The number of nitro groups is 1. The molecule has 1 N–H and O–H groups in total. The Labute approximate surface area is 117 Å². The summed E-state index contributed by atoms with van der Waals surface area (Å²) in [6, 6.07) is 3.93. The average Bonchev–Trinajstić information content (AvgIpc) is 2.38. The third kappa shape index (κ3) is 3.45. The molecule has 1 aromatic rings. The molecule has 1 aromatic carbocycles. The third-order valence-corrected chi connectivity index (χ3v) is 4.34. The third-order valence-electron chi connectivity index (χ3n) is 3.23. The van der Waals surface area contributed by atoms with E-state index in [1.807, 2.05) is 5.01 Å². The zero-order valence-corrected chi connectivity index (χ0v) is 12.0. The van der Waals surface area contributed by atoms with Gasteiger partial charge >= 0.3 is 0 Å². The van der Waals surface area contributed by atoms with E-state index in [2.05, 4.69) is 5.43 Å². The SMILES string of the molecule is CS(=O)(=O)c1ccc(NN2CCCCC2)c([N+](=O)[O-])c1. The van der Waals surface area contributed by atoms with Crippen LogP contribution in [-0.4, -0.2) is 37.7 Å². The molecule has 0 radical (unpaired) electrons. The summed E-state index contributed by atoms with van der Waals surface area (Å²) in [6.45, 7) is 1.65. The molecule has 1 aliphatic heterocycles. The molecule has 2 rings (SSSR count). The van der Waals surface area contributed by atoms with Crippen molar-refractivity contribution in [1.29, 1.82) is 0 Å². The molecule has 7 nitrogen and oxygen atoms in total. The molecule has 0 amide bonds. The van der Waals surface area contributed by atoms with Gasteiger partial charge in [0.15, 0.2) is 9.84 Å². The van der Waals surface area contributed by atoms with Crippen LogP contribution in [0.25, 0.3) is 0 Å². The summed E-state index contributed by atoms with van der Waals surface area (Å²) in [4.78, 5) is 10.5. The van der Waals surface area contributed by atoms with Gasteiger partial charge in [0.25, 0.3) is 5.69 Å². The molecule has 0 unspecified atom stereocenters. The monoisotopic (exact) mass is 299 g/mol. The van der Waals surface area contributed by atoms with Gasteiger partial charge in [-0.05, 0) is 25.0 Å². The fraction of sp³-hybridized carbons (Fsp3) is 0.500. The molecular formula is C12H17N3O4S. The molecule has 20 heavy (non-hydrogen) atoms. The fourth-order valence-corrected chi connectivity index (χ4v) is 2.80. The van der Waals surface area contributed by atoms with Crippen molar-refractivity contribution >= 4 is 21.2 Å². The molecule has 0 aromatic heterocycles. The highest BCUT2D eigenvalue weighted by Gasteiger charge is 2.20. The lowest BCUT2D eigenvalue weighted by Crippen LogP contribution is -2.35. The number of anilines is 1. The predicted molar refractivity (Wildman–Crippen MR) is 75.3 cm³/mol. The van der Waals surface area contributed by atoms with Crippen molar-refractivity contribution in [1.82, 2.24) is 5.01 Å². The zero-order chi connectivity index (χ0) is 14.8. The topological polar surface area (TPSA) is 92.6 Å². The van der Waals surface area contributed by atoms with Gasteiger partial charge in [0.1, 0.15) is 5.69 Å². The Bertz CT molecular complexity index is 609. The standard InChI is InChI=1S/C12H17N3O4S/c1-20(18,19)10-5-6-11(12(9-10)15(16)17)13-14-7-3-2-4-8-14/h5-6,9,13H,2-4,7-8H2,1H3. The van der Waals surface area contributed by atoms with Crippen LogP contribution in [0.3, 0.4) is 0 Å². The van der Waals surface area contributed by atoms with Crippen LogP contribution in [-0.2, 0) is 9.84 Å². The van der Waals surface area contributed by atoms with Crippen molar-refractivity contribution in [2.45, 2.75) is 24.2 Å². The van der Waals surface area contributed by atoms with E-state index in [9.17, 15) is 18.5 Å². The maximum atomic E-state index is 11.5. The van der Waals surface area contributed by atoms with Gasteiger partial charge in [-0.3, -0.25) is 10.1 Å². The van der Waals surface area contributed by atoms with E-state index < -0.39 is 14.8 Å². The van der Waals surface area contributed by atoms with Crippen molar-refractivity contribution in [2.24, 2.45) is 0 Å². The van der Waals surface area contributed by atoms with E-state index >= 15 is 0 Å². The van der Waals surface area contributed by atoms with Crippen LogP contribution < -0.4 is 5.43 Å². The second-order valence-electron chi connectivity index (χ2n) is 4.87. The van der Waals surface area contributed by atoms with Crippen molar-refractivity contribution in [2.75, 3.05) is 24.8 Å². The molecule has 1 heterocycles. The Kier molecular flexibility index (Phi) is 4.24. The number of hydrogen-bond acceptors (Lipinski definition) is 6. The lowest BCUT2D eigenvalue weighted by atomic mass is 10.2. The lowest BCUT2D eigenvalue weighted by molar-refractivity contribution is -0.384. The minimum Gasteiger partial charge on any atom is -0.313 e. The number of benzene rings is 1. The number of sulfone groups is 1. The highest BCUT2D eigenvalue weighted by atomic mass is 32.2. The van der Waals surface area contributed by atoms with E-state index in [-0.39, 0.29) is 10.6 Å². The maximum absolute atomic E-state index is 11.5. The number of nitro benzene ring substituents is 1. The number of nitrogens with one attached hydrogen (secondary N) is 1. The van der Waals surface area contributed by atoms with Gasteiger partial charge in [-0.2, -0.15) is 0 Å². The molecule has 0 spiro atoms. The quantitative estimate of drug-likeness (QED) is 0.673. The van der Waals surface area contributed by atoms with Gasteiger partial charge in [0.2, 0.25) is 0 Å². The Morgan fingerprint density at radius 1 is 1.25 bits per heavy atom. The minimum atomic E-state index is -3.45. The van der Waals surface area contributed by atoms with Gasteiger partial charge in [-0.1, -0.05) is 6.42 Å². The molecule has 1 aliphatic rings. The second-order valence-corrected chi connectivity index (χ2v) is 6.88. The number of nitrogens with zero attached hydrogens (tertiary/aromatic N) is 2. The van der Waals surface area contributed by atoms with E-state index in [1.54, 1.807) is 0 Å². The van der Waals surface area contributed by atoms with Crippen LogP contribution in [0.15, 0.2) is 23.1 Å². The first-order valence-electron chi connectivity index (χ1n) is 6.38. The summed E-state index contributed by atoms with van der Waals surface area (Å²) in [5.74, 6) is 0. The number of hydrazine groups is 1. The summed E-state index contributed by atoms with van der Waals surface area (Å²) in [5.41, 5.74) is 3.11. The average molecular weight is 299 g/mol. The first kappa shape index (κ1) is 14.7. The van der Waals surface area contributed by atoms with Gasteiger partial charge in [-0.25, -0.2) is 13.4 Å². The highest BCUT2D eigenvalue weighted by molar-refractivity contribution is 7.90. The van der Waals surface area contributed by atoms with Crippen LogP contribution in [0.4, 0.5) is 11.4 Å². The van der Waals surface area contributed by atoms with Crippen molar-refractivity contribution in [3.05, 3.63) is 28.3 Å². The first-order valence-corrected chi connectivity index (χ1v) is 8.27. The van der Waals surface area contributed by atoms with Crippen molar-refractivity contribution in [3.63, 3.8) is 0 Å². The summed E-state index contributed by atoms with van der Waals surface area (Å²) >= 11 is 0. The van der Waals surface area contributed by atoms with Gasteiger partial charge in [0, 0.05) is 25.4 Å². The molecule has 110 valence electrons. The van der Waals surface area contributed by atoms with E-state index in [0.29, 0.717) is 5.69 Å². The maximum Gasteiger partial charge on any atom is 0.294 e. The molecule has 1 saturated heterocycles. The molecule has 8 heteroatoms. The normalized spacial score (nSPS) is 16.9. The van der Waals surface area contributed by atoms with Crippen LogP contribution in [0, 0.1) is 10.1 Å². The van der Waals surface area contributed by atoms with E-state index in [1.165, 1.54) is 12.1 Å². The lowest BCUT2D eigenvalue weighted by Gasteiger charge is -2.27. The largest absolute Gasteiger partial charge is 0.313 e. The highest BCUT2D eigenvalue weighted by Crippen LogP contribution is 2.28. The predicted octanol–water partition coefficient (Wildman–Crippen LogP) is 1.81. The summed E-state index contributed by atoms with van der Waals surface area (Å²) in [7, 11) is -3.45. The minimum absolute atomic E-state index is 0.0478. The Morgan fingerprint density at radius 3 is 2.45 bits per heavy atom. The molecule has 0 aliphatic carbocycles. The molecule has 0 saturated carbocycles. The first-order chi connectivity index (χ1) is 9.38. The number of piperidine rings is 1. The molecule has 0 bridgehead atoms. The summed E-state index contributed by atoms with van der Waals surface area (Å²) < 4.78 is 22.9. The van der Waals surface area contributed by atoms with E-state index in [4.69, 9.17) is 0 Å². The smallest absolute Gasteiger partial charge is 0.294 e. The summed E-state index contributed by atoms with van der Waals surface area (Å²) in [6.07, 6.45) is 4.28. The van der Waals surface area contributed by atoms with E-state index in [0.717, 1.165) is 44.7 Å². The van der Waals surface area contributed by atoms with Gasteiger partial charge in [-0.15, -0.1) is 0 Å². The number of rotatable bonds is 4. The Morgan fingerprint density at radius 2 is 1.90 bits per heavy atom. The van der Waals surface area contributed by atoms with Crippen LogP contribution in [0.2, 0.25) is 0 Å². The van der Waals surface area contributed by atoms with Crippen molar-refractivity contribution < 1.29 is 13.3 Å².